The van der Waals surface area contributed by atoms with Crippen molar-refractivity contribution in [2.75, 3.05) is 6.54 Å². The van der Waals surface area contributed by atoms with Gasteiger partial charge in [-0.2, -0.15) is 0 Å². The molecule has 0 aliphatic heterocycles. The molecule has 1 atom stereocenters. The maximum absolute atomic E-state index is 11.8. The smallest absolute Gasteiger partial charge is 0.240 e. The molecule has 0 saturated heterocycles. The SMILES string of the molecule is CC(CN)NS(=O)(=O)c1ccc(Cl)c(Cl)c1. The first-order chi connectivity index (χ1) is 7.36. The molecule has 7 heteroatoms. The van der Waals surface area contributed by atoms with Crippen molar-refractivity contribution < 1.29 is 8.42 Å². The van der Waals surface area contributed by atoms with Crippen LogP contribution in [0.1, 0.15) is 6.92 Å². The molecule has 1 aromatic carbocycles. The number of nitrogens with two attached hydrogens (primary N) is 1. The van der Waals surface area contributed by atoms with Gasteiger partial charge < -0.3 is 5.73 Å². The van der Waals surface area contributed by atoms with Crippen LogP contribution in [-0.2, 0) is 10.0 Å². The lowest BCUT2D eigenvalue weighted by Gasteiger charge is -2.12. The summed E-state index contributed by atoms with van der Waals surface area (Å²) in [4.78, 5) is 0.0715. The van der Waals surface area contributed by atoms with Gasteiger partial charge >= 0.3 is 0 Å². The lowest BCUT2D eigenvalue weighted by molar-refractivity contribution is 0.562. The van der Waals surface area contributed by atoms with Gasteiger partial charge in [-0.15, -0.1) is 0 Å². The summed E-state index contributed by atoms with van der Waals surface area (Å²) >= 11 is 11.4. The van der Waals surface area contributed by atoms with Gasteiger partial charge in [-0.3, -0.25) is 0 Å². The van der Waals surface area contributed by atoms with Crippen molar-refractivity contribution in [1.29, 1.82) is 0 Å². The van der Waals surface area contributed by atoms with E-state index < -0.39 is 10.0 Å². The van der Waals surface area contributed by atoms with Gasteiger partial charge in [0, 0.05) is 12.6 Å². The van der Waals surface area contributed by atoms with Gasteiger partial charge in [0.1, 0.15) is 0 Å². The van der Waals surface area contributed by atoms with Crippen LogP contribution >= 0.6 is 23.2 Å². The molecular weight excluding hydrogens is 271 g/mol. The van der Waals surface area contributed by atoms with Crippen molar-refractivity contribution in [3.05, 3.63) is 28.2 Å². The van der Waals surface area contributed by atoms with Gasteiger partial charge in [-0.05, 0) is 25.1 Å². The zero-order chi connectivity index (χ0) is 12.3. The predicted octanol–water partition coefficient (Wildman–Crippen LogP) is 1.62. The van der Waals surface area contributed by atoms with Crippen LogP contribution in [0.5, 0.6) is 0 Å². The van der Waals surface area contributed by atoms with Gasteiger partial charge in [0.05, 0.1) is 14.9 Å². The highest BCUT2D eigenvalue weighted by Crippen LogP contribution is 2.24. The Morgan fingerprint density at radius 2 is 2.00 bits per heavy atom. The summed E-state index contributed by atoms with van der Waals surface area (Å²) in [5, 5.41) is 0.512. The van der Waals surface area contributed by atoms with Crippen LogP contribution in [0.2, 0.25) is 10.0 Å². The summed E-state index contributed by atoms with van der Waals surface area (Å²) in [5.41, 5.74) is 5.34. The second-order valence-electron chi connectivity index (χ2n) is 3.33. The largest absolute Gasteiger partial charge is 0.329 e. The van der Waals surface area contributed by atoms with E-state index in [9.17, 15) is 8.42 Å². The molecule has 0 radical (unpaired) electrons. The standard InChI is InChI=1S/C9H12Cl2N2O2S/c1-6(5-12)13-16(14,15)7-2-3-8(10)9(11)4-7/h2-4,6,13H,5,12H2,1H3. The van der Waals surface area contributed by atoms with Crippen LogP contribution < -0.4 is 10.5 Å². The Labute approximate surface area is 105 Å². The van der Waals surface area contributed by atoms with Crippen molar-refractivity contribution >= 4 is 33.2 Å². The highest BCUT2D eigenvalue weighted by atomic mass is 35.5. The van der Waals surface area contributed by atoms with E-state index in [1.165, 1.54) is 18.2 Å². The molecule has 0 aromatic heterocycles. The lowest BCUT2D eigenvalue weighted by atomic mass is 10.4. The van der Waals surface area contributed by atoms with Gasteiger partial charge in [-0.1, -0.05) is 23.2 Å². The maximum atomic E-state index is 11.8. The first kappa shape index (κ1) is 13.7. The van der Waals surface area contributed by atoms with Crippen molar-refractivity contribution in [3.63, 3.8) is 0 Å². The number of hydrogen-bond acceptors (Lipinski definition) is 3. The average molecular weight is 283 g/mol. The third kappa shape index (κ3) is 3.33. The van der Waals surface area contributed by atoms with Crippen molar-refractivity contribution in [1.82, 2.24) is 4.72 Å². The normalized spacial score (nSPS) is 13.8. The molecule has 1 unspecified atom stereocenters. The lowest BCUT2D eigenvalue weighted by Crippen LogP contribution is -2.37. The Kier molecular flexibility index (Phi) is 4.58. The Morgan fingerprint density at radius 1 is 1.38 bits per heavy atom. The summed E-state index contributed by atoms with van der Waals surface area (Å²) in [6, 6.07) is 3.79. The Bertz CT molecular complexity index is 476. The number of halogens is 2. The molecule has 0 fully saturated rings. The average Bonchev–Trinajstić information content (AvgIpc) is 2.21. The highest BCUT2D eigenvalue weighted by molar-refractivity contribution is 7.89. The second kappa shape index (κ2) is 5.33. The van der Waals surface area contributed by atoms with E-state index >= 15 is 0 Å². The zero-order valence-corrected chi connectivity index (χ0v) is 10.9. The van der Waals surface area contributed by atoms with Gasteiger partial charge in [0.15, 0.2) is 0 Å². The number of sulfonamides is 1. The molecule has 0 saturated carbocycles. The van der Waals surface area contributed by atoms with E-state index in [0.29, 0.717) is 5.02 Å². The highest BCUT2D eigenvalue weighted by Gasteiger charge is 2.17. The Hall–Kier alpha value is -0.330. The van der Waals surface area contributed by atoms with E-state index in [4.69, 9.17) is 28.9 Å². The van der Waals surface area contributed by atoms with Crippen LogP contribution in [0.3, 0.4) is 0 Å². The van der Waals surface area contributed by atoms with Crippen molar-refractivity contribution in [2.45, 2.75) is 17.9 Å². The number of nitrogens with one attached hydrogen (secondary N) is 1. The summed E-state index contributed by atoms with van der Waals surface area (Å²) < 4.78 is 26.0. The maximum Gasteiger partial charge on any atom is 0.240 e. The van der Waals surface area contributed by atoms with E-state index in [-0.39, 0.29) is 22.5 Å². The number of benzene rings is 1. The van der Waals surface area contributed by atoms with E-state index in [0.717, 1.165) is 0 Å². The molecule has 1 aromatic rings. The molecular formula is C9H12Cl2N2O2S. The number of rotatable bonds is 4. The first-order valence-electron chi connectivity index (χ1n) is 4.54. The van der Waals surface area contributed by atoms with Crippen LogP contribution in [-0.4, -0.2) is 21.0 Å². The molecule has 16 heavy (non-hydrogen) atoms. The molecule has 4 nitrogen and oxygen atoms in total. The molecule has 0 aliphatic rings. The fourth-order valence-corrected chi connectivity index (χ4v) is 2.67. The summed E-state index contributed by atoms with van der Waals surface area (Å²) in [5.74, 6) is 0. The fourth-order valence-electron chi connectivity index (χ4n) is 1.03. The zero-order valence-electron chi connectivity index (χ0n) is 8.57. The number of hydrogen-bond donors (Lipinski definition) is 2. The summed E-state index contributed by atoms with van der Waals surface area (Å²) in [7, 11) is -3.58. The first-order valence-corrected chi connectivity index (χ1v) is 6.78. The molecule has 0 bridgehead atoms. The van der Waals surface area contributed by atoms with Gasteiger partial charge in [0.2, 0.25) is 10.0 Å². The minimum absolute atomic E-state index is 0.0715. The van der Waals surface area contributed by atoms with Crippen molar-refractivity contribution in [2.24, 2.45) is 5.73 Å². The quantitative estimate of drug-likeness (QED) is 0.882. The molecule has 0 heterocycles. The van der Waals surface area contributed by atoms with Crippen LogP contribution in [0.15, 0.2) is 23.1 Å². The topological polar surface area (TPSA) is 72.2 Å². The molecule has 0 spiro atoms. The van der Waals surface area contributed by atoms with E-state index in [1.807, 2.05) is 0 Å². The third-order valence-corrected chi connectivity index (χ3v) is 4.24. The molecule has 90 valence electrons. The Balaban J connectivity index is 3.03. The van der Waals surface area contributed by atoms with Gasteiger partial charge in [0.25, 0.3) is 0 Å². The van der Waals surface area contributed by atoms with Crippen LogP contribution in [0.25, 0.3) is 0 Å². The van der Waals surface area contributed by atoms with E-state index in [1.54, 1.807) is 6.92 Å². The molecule has 3 N–H and O–H groups in total. The van der Waals surface area contributed by atoms with Crippen LogP contribution in [0.4, 0.5) is 0 Å². The summed E-state index contributed by atoms with van der Waals surface area (Å²) in [6.45, 7) is 1.90. The molecule has 0 amide bonds. The van der Waals surface area contributed by atoms with Crippen LogP contribution in [0, 0.1) is 0 Å². The monoisotopic (exact) mass is 282 g/mol. The minimum Gasteiger partial charge on any atom is -0.329 e. The Morgan fingerprint density at radius 3 is 2.50 bits per heavy atom. The fraction of sp³-hybridized carbons (Fsp3) is 0.333. The third-order valence-electron chi connectivity index (χ3n) is 1.91. The predicted molar refractivity (Wildman–Crippen MR) is 65.3 cm³/mol. The van der Waals surface area contributed by atoms with E-state index in [2.05, 4.69) is 4.72 Å². The minimum atomic E-state index is -3.58. The van der Waals surface area contributed by atoms with Gasteiger partial charge in [-0.25, -0.2) is 13.1 Å². The summed E-state index contributed by atoms with van der Waals surface area (Å²) in [6.07, 6.45) is 0. The molecule has 1 rings (SSSR count). The molecule has 0 aliphatic carbocycles. The van der Waals surface area contributed by atoms with Crippen molar-refractivity contribution in [3.8, 4) is 0 Å². The second-order valence-corrected chi connectivity index (χ2v) is 5.86.